The van der Waals surface area contributed by atoms with E-state index in [9.17, 15) is 13.2 Å². The number of sulfone groups is 1. The Morgan fingerprint density at radius 1 is 1.04 bits per heavy atom. The van der Waals surface area contributed by atoms with Crippen LogP contribution in [0, 0.1) is 0 Å². The average molecular weight is 364 g/mol. The molecule has 0 unspecified atom stereocenters. The zero-order valence-electron chi connectivity index (χ0n) is 13.0. The molecule has 6 heteroatoms. The topological polar surface area (TPSA) is 63.2 Å². The van der Waals surface area contributed by atoms with Crippen LogP contribution >= 0.6 is 11.6 Å². The first-order chi connectivity index (χ1) is 11.5. The fraction of sp³-hybridized carbons (Fsp3) is 0.278. The van der Waals surface area contributed by atoms with Gasteiger partial charge < -0.3 is 5.32 Å². The molecule has 1 N–H and O–H groups in total. The van der Waals surface area contributed by atoms with Gasteiger partial charge in [0.1, 0.15) is 0 Å². The zero-order valence-corrected chi connectivity index (χ0v) is 14.6. The molecule has 1 fully saturated rings. The minimum atomic E-state index is -3.34. The number of carbonyl (C=O) groups is 1. The van der Waals surface area contributed by atoms with Gasteiger partial charge in [0.25, 0.3) is 5.91 Å². The number of hydrogen-bond donors (Lipinski definition) is 1. The van der Waals surface area contributed by atoms with E-state index < -0.39 is 9.84 Å². The monoisotopic (exact) mass is 363 g/mol. The predicted molar refractivity (Wildman–Crippen MR) is 95.3 cm³/mol. The van der Waals surface area contributed by atoms with Crippen LogP contribution in [0.4, 0.5) is 5.69 Å². The van der Waals surface area contributed by atoms with Gasteiger partial charge >= 0.3 is 0 Å². The SMILES string of the molecule is O=C(Nc1cccc(S(=O)(=O)C2CCCC2)c1)c1cccc(Cl)c1. The van der Waals surface area contributed by atoms with Crippen LogP contribution < -0.4 is 5.32 Å². The fourth-order valence-electron chi connectivity index (χ4n) is 2.97. The van der Waals surface area contributed by atoms with Gasteiger partial charge in [-0.25, -0.2) is 8.42 Å². The van der Waals surface area contributed by atoms with Gasteiger partial charge in [-0.15, -0.1) is 0 Å². The average Bonchev–Trinajstić information content (AvgIpc) is 3.10. The largest absolute Gasteiger partial charge is 0.322 e. The molecule has 24 heavy (non-hydrogen) atoms. The standard InChI is InChI=1S/C18H18ClNO3S/c19-14-6-3-5-13(11-14)18(21)20-15-7-4-10-17(12-15)24(22,23)16-8-1-2-9-16/h3-7,10-12,16H,1-2,8-9H2,(H,20,21). The van der Waals surface area contributed by atoms with E-state index in [-0.39, 0.29) is 16.1 Å². The Morgan fingerprint density at radius 3 is 2.46 bits per heavy atom. The number of benzene rings is 2. The molecule has 2 aromatic carbocycles. The summed E-state index contributed by atoms with van der Waals surface area (Å²) in [6, 6.07) is 13.0. The van der Waals surface area contributed by atoms with Crippen LogP contribution in [-0.4, -0.2) is 19.6 Å². The van der Waals surface area contributed by atoms with Crippen molar-refractivity contribution in [2.24, 2.45) is 0 Å². The highest BCUT2D eigenvalue weighted by Crippen LogP contribution is 2.30. The van der Waals surface area contributed by atoms with Gasteiger partial charge in [-0.2, -0.15) is 0 Å². The number of amides is 1. The van der Waals surface area contributed by atoms with Crippen LogP contribution in [0.5, 0.6) is 0 Å². The number of rotatable bonds is 4. The highest BCUT2D eigenvalue weighted by molar-refractivity contribution is 7.92. The second kappa shape index (κ2) is 6.95. The van der Waals surface area contributed by atoms with Crippen molar-refractivity contribution >= 4 is 33.0 Å². The lowest BCUT2D eigenvalue weighted by Crippen LogP contribution is -2.18. The van der Waals surface area contributed by atoms with E-state index in [0.717, 1.165) is 12.8 Å². The summed E-state index contributed by atoms with van der Waals surface area (Å²) in [5.41, 5.74) is 0.880. The van der Waals surface area contributed by atoms with Crippen molar-refractivity contribution < 1.29 is 13.2 Å². The Kier molecular flexibility index (Phi) is 4.92. The molecule has 3 rings (SSSR count). The number of carbonyl (C=O) groups excluding carboxylic acids is 1. The normalized spacial score (nSPS) is 15.4. The van der Waals surface area contributed by atoms with Crippen LogP contribution in [0.1, 0.15) is 36.0 Å². The number of anilines is 1. The number of halogens is 1. The lowest BCUT2D eigenvalue weighted by molar-refractivity contribution is 0.102. The molecule has 1 saturated carbocycles. The van der Waals surface area contributed by atoms with Crippen molar-refractivity contribution in [2.75, 3.05) is 5.32 Å². The summed E-state index contributed by atoms with van der Waals surface area (Å²) < 4.78 is 25.3. The fourth-order valence-corrected chi connectivity index (χ4v) is 5.06. The first-order valence-corrected chi connectivity index (χ1v) is 9.80. The molecule has 2 aromatic rings. The van der Waals surface area contributed by atoms with E-state index in [1.165, 1.54) is 6.07 Å². The molecule has 0 atom stereocenters. The van der Waals surface area contributed by atoms with Crippen LogP contribution in [0.3, 0.4) is 0 Å². The second-order valence-electron chi connectivity index (χ2n) is 5.94. The van der Waals surface area contributed by atoms with E-state index in [1.54, 1.807) is 42.5 Å². The maximum Gasteiger partial charge on any atom is 0.255 e. The van der Waals surface area contributed by atoms with Gasteiger partial charge in [0.15, 0.2) is 9.84 Å². The van der Waals surface area contributed by atoms with Crippen molar-refractivity contribution in [3.8, 4) is 0 Å². The lowest BCUT2D eigenvalue weighted by Gasteiger charge is -2.12. The molecule has 0 spiro atoms. The first kappa shape index (κ1) is 17.0. The first-order valence-electron chi connectivity index (χ1n) is 7.88. The van der Waals surface area contributed by atoms with E-state index >= 15 is 0 Å². The van der Waals surface area contributed by atoms with Gasteiger partial charge in [-0.3, -0.25) is 4.79 Å². The number of nitrogens with one attached hydrogen (secondary N) is 1. The predicted octanol–water partition coefficient (Wildman–Crippen LogP) is 4.31. The molecule has 1 aliphatic carbocycles. The zero-order chi connectivity index (χ0) is 17.2. The smallest absolute Gasteiger partial charge is 0.255 e. The van der Waals surface area contributed by atoms with Gasteiger partial charge in [0.05, 0.1) is 10.1 Å². The molecule has 4 nitrogen and oxygen atoms in total. The van der Waals surface area contributed by atoms with Crippen molar-refractivity contribution in [1.29, 1.82) is 0 Å². The minimum Gasteiger partial charge on any atom is -0.322 e. The highest BCUT2D eigenvalue weighted by Gasteiger charge is 2.30. The quantitative estimate of drug-likeness (QED) is 0.880. The van der Waals surface area contributed by atoms with E-state index in [1.807, 2.05) is 0 Å². The summed E-state index contributed by atoms with van der Waals surface area (Å²) in [6.45, 7) is 0. The summed E-state index contributed by atoms with van der Waals surface area (Å²) in [4.78, 5) is 12.5. The summed E-state index contributed by atoms with van der Waals surface area (Å²) >= 11 is 5.89. The Morgan fingerprint density at radius 2 is 1.75 bits per heavy atom. The van der Waals surface area contributed by atoms with E-state index in [4.69, 9.17) is 11.6 Å². The Hall–Kier alpha value is -1.85. The molecule has 0 saturated heterocycles. The van der Waals surface area contributed by atoms with Crippen LogP contribution in [0.15, 0.2) is 53.4 Å². The van der Waals surface area contributed by atoms with Crippen LogP contribution in [-0.2, 0) is 9.84 Å². The molecule has 0 aliphatic heterocycles. The molecular weight excluding hydrogens is 346 g/mol. The van der Waals surface area contributed by atoms with Gasteiger partial charge in [0.2, 0.25) is 0 Å². The van der Waals surface area contributed by atoms with Crippen molar-refractivity contribution in [3.63, 3.8) is 0 Å². The molecule has 0 heterocycles. The van der Waals surface area contributed by atoms with E-state index in [0.29, 0.717) is 29.1 Å². The summed E-state index contributed by atoms with van der Waals surface area (Å²) in [6.07, 6.45) is 3.33. The Balaban J connectivity index is 1.82. The summed E-state index contributed by atoms with van der Waals surface area (Å²) in [5, 5.41) is 2.89. The van der Waals surface area contributed by atoms with Crippen LogP contribution in [0.2, 0.25) is 5.02 Å². The molecule has 1 aliphatic rings. The molecule has 0 radical (unpaired) electrons. The highest BCUT2D eigenvalue weighted by atomic mass is 35.5. The van der Waals surface area contributed by atoms with Crippen molar-refractivity contribution in [3.05, 3.63) is 59.1 Å². The van der Waals surface area contributed by atoms with Gasteiger partial charge in [0, 0.05) is 16.3 Å². The maximum absolute atomic E-state index is 12.7. The summed E-state index contributed by atoms with van der Waals surface area (Å²) in [7, 11) is -3.34. The minimum absolute atomic E-state index is 0.262. The maximum atomic E-state index is 12.7. The molecule has 0 bridgehead atoms. The molecule has 0 aromatic heterocycles. The van der Waals surface area contributed by atoms with Crippen LogP contribution in [0.25, 0.3) is 0 Å². The van der Waals surface area contributed by atoms with Gasteiger partial charge in [-0.05, 0) is 49.2 Å². The van der Waals surface area contributed by atoms with Crippen molar-refractivity contribution in [2.45, 2.75) is 35.8 Å². The summed E-state index contributed by atoms with van der Waals surface area (Å²) in [5.74, 6) is -0.326. The third-order valence-electron chi connectivity index (χ3n) is 4.25. The molecule has 1 amide bonds. The van der Waals surface area contributed by atoms with Crippen molar-refractivity contribution in [1.82, 2.24) is 0 Å². The third kappa shape index (κ3) is 3.62. The van der Waals surface area contributed by atoms with E-state index in [2.05, 4.69) is 5.32 Å². The Labute approximate surface area is 146 Å². The van der Waals surface area contributed by atoms with Gasteiger partial charge in [-0.1, -0.05) is 36.6 Å². The Bertz CT molecular complexity index is 858. The molecular formula is C18H18ClNO3S. The number of hydrogen-bond acceptors (Lipinski definition) is 3. The third-order valence-corrected chi connectivity index (χ3v) is 6.74. The molecule has 126 valence electrons. The second-order valence-corrected chi connectivity index (χ2v) is 8.61. The lowest BCUT2D eigenvalue weighted by atomic mass is 10.2.